The number of benzene rings is 1. The monoisotopic (exact) mass is 349 g/mol. The number of nitrogens with one attached hydrogen (secondary N) is 1. The molecule has 0 spiro atoms. The number of nitrogens with zero attached hydrogens (tertiary/aromatic N) is 2. The highest BCUT2D eigenvalue weighted by atomic mass is 32.2. The number of aryl methyl sites for hydroxylation is 1. The van der Waals surface area contributed by atoms with Crippen LogP contribution >= 0.6 is 23.5 Å². The van der Waals surface area contributed by atoms with Crippen molar-refractivity contribution in [2.75, 3.05) is 23.4 Å². The third-order valence-corrected chi connectivity index (χ3v) is 7.20. The van der Waals surface area contributed by atoms with Crippen molar-refractivity contribution in [1.29, 1.82) is 0 Å². The van der Waals surface area contributed by atoms with Crippen molar-refractivity contribution in [3.05, 3.63) is 46.8 Å². The number of thioether (sulfide) groups is 2. The average molecular weight is 350 g/mol. The highest BCUT2D eigenvalue weighted by Crippen LogP contribution is 2.45. The lowest BCUT2D eigenvalue weighted by molar-refractivity contribution is 0.268. The van der Waals surface area contributed by atoms with Crippen LogP contribution in [0.4, 0.5) is 5.69 Å². The van der Waals surface area contributed by atoms with Crippen molar-refractivity contribution in [3.63, 3.8) is 0 Å². The zero-order chi connectivity index (χ0) is 16.2. The normalized spacial score (nSPS) is 15.3. The van der Waals surface area contributed by atoms with Crippen molar-refractivity contribution in [1.82, 2.24) is 9.78 Å². The minimum absolute atomic E-state index is 0.119. The van der Waals surface area contributed by atoms with Gasteiger partial charge >= 0.3 is 0 Å². The van der Waals surface area contributed by atoms with E-state index in [0.29, 0.717) is 11.1 Å². The van der Waals surface area contributed by atoms with Gasteiger partial charge in [0.05, 0.1) is 23.4 Å². The van der Waals surface area contributed by atoms with Crippen LogP contribution in [0, 0.1) is 13.8 Å². The molecule has 1 aromatic heterocycles. The van der Waals surface area contributed by atoms with E-state index in [2.05, 4.69) is 41.6 Å². The highest BCUT2D eigenvalue weighted by Gasteiger charge is 2.18. The van der Waals surface area contributed by atoms with Gasteiger partial charge in [-0.3, -0.25) is 4.68 Å². The molecule has 0 amide bonds. The van der Waals surface area contributed by atoms with Crippen LogP contribution in [0.5, 0.6) is 0 Å². The summed E-state index contributed by atoms with van der Waals surface area (Å²) in [7, 11) is 0. The molecule has 1 aromatic carbocycles. The Bertz CT molecular complexity index is 666. The summed E-state index contributed by atoms with van der Waals surface area (Å²) >= 11 is 4.06. The number of aliphatic hydroxyl groups is 1. The predicted octanol–water partition coefficient (Wildman–Crippen LogP) is 3.58. The quantitative estimate of drug-likeness (QED) is 0.835. The van der Waals surface area contributed by atoms with E-state index < -0.39 is 0 Å². The van der Waals surface area contributed by atoms with Gasteiger partial charge in [0, 0.05) is 35.0 Å². The Labute approximate surface area is 146 Å². The molecule has 1 fully saturated rings. The maximum Gasteiger partial charge on any atom is 0.0752 e. The van der Waals surface area contributed by atoms with Gasteiger partial charge in [0.25, 0.3) is 0 Å². The van der Waals surface area contributed by atoms with Gasteiger partial charge < -0.3 is 10.4 Å². The van der Waals surface area contributed by atoms with E-state index in [4.69, 9.17) is 5.11 Å². The van der Waals surface area contributed by atoms with Crippen LogP contribution in [-0.2, 0) is 13.1 Å². The van der Waals surface area contributed by atoms with Crippen LogP contribution in [-0.4, -0.2) is 33.0 Å². The van der Waals surface area contributed by atoms with E-state index in [0.717, 1.165) is 23.6 Å². The lowest BCUT2D eigenvalue weighted by Gasteiger charge is -2.12. The van der Waals surface area contributed by atoms with E-state index in [1.807, 2.05) is 35.1 Å². The molecule has 0 atom stereocenters. The zero-order valence-corrected chi connectivity index (χ0v) is 15.2. The van der Waals surface area contributed by atoms with E-state index in [9.17, 15) is 0 Å². The minimum atomic E-state index is 0.119. The minimum Gasteiger partial charge on any atom is -0.394 e. The first kappa shape index (κ1) is 16.7. The topological polar surface area (TPSA) is 50.1 Å². The fraction of sp³-hybridized carbons (Fsp3) is 0.471. The SMILES string of the molecule is Cc1nn(CCO)c(C)c1CNc1cccc(C2SCCS2)c1. The van der Waals surface area contributed by atoms with E-state index >= 15 is 0 Å². The van der Waals surface area contributed by atoms with Gasteiger partial charge in [-0.1, -0.05) is 12.1 Å². The predicted molar refractivity (Wildman–Crippen MR) is 100 cm³/mol. The Balaban J connectivity index is 1.70. The van der Waals surface area contributed by atoms with Gasteiger partial charge in [-0.05, 0) is 31.5 Å². The molecule has 23 heavy (non-hydrogen) atoms. The van der Waals surface area contributed by atoms with Crippen molar-refractivity contribution < 1.29 is 5.11 Å². The van der Waals surface area contributed by atoms with Crippen molar-refractivity contribution in [2.45, 2.75) is 31.5 Å². The zero-order valence-electron chi connectivity index (χ0n) is 13.6. The molecule has 4 nitrogen and oxygen atoms in total. The summed E-state index contributed by atoms with van der Waals surface area (Å²) in [5.74, 6) is 2.49. The number of rotatable bonds is 6. The number of aromatic nitrogens is 2. The van der Waals surface area contributed by atoms with Crippen LogP contribution in [0.1, 0.15) is 27.1 Å². The molecule has 0 aliphatic carbocycles. The Morgan fingerprint density at radius 1 is 1.30 bits per heavy atom. The van der Waals surface area contributed by atoms with Crippen molar-refractivity contribution in [3.8, 4) is 0 Å². The largest absolute Gasteiger partial charge is 0.394 e. The van der Waals surface area contributed by atoms with E-state index in [1.54, 1.807) is 0 Å². The van der Waals surface area contributed by atoms with Gasteiger partial charge in [-0.25, -0.2) is 0 Å². The molecule has 0 radical (unpaired) electrons. The summed E-state index contributed by atoms with van der Waals surface area (Å²) in [6.07, 6.45) is 0. The molecule has 2 aromatic rings. The smallest absolute Gasteiger partial charge is 0.0752 e. The van der Waals surface area contributed by atoms with Gasteiger partial charge in [-0.15, -0.1) is 23.5 Å². The number of hydrogen-bond acceptors (Lipinski definition) is 5. The summed E-state index contributed by atoms with van der Waals surface area (Å²) in [5.41, 5.74) is 5.92. The maximum atomic E-state index is 9.11. The van der Waals surface area contributed by atoms with E-state index in [1.165, 1.54) is 22.6 Å². The van der Waals surface area contributed by atoms with Crippen molar-refractivity contribution >= 4 is 29.2 Å². The number of aliphatic hydroxyl groups excluding tert-OH is 1. The molecule has 1 saturated heterocycles. The first-order valence-corrected chi connectivity index (χ1v) is 9.99. The van der Waals surface area contributed by atoms with Gasteiger partial charge in [0.15, 0.2) is 0 Å². The molecule has 6 heteroatoms. The van der Waals surface area contributed by atoms with Crippen molar-refractivity contribution in [2.24, 2.45) is 0 Å². The second-order valence-electron chi connectivity index (χ2n) is 5.65. The van der Waals surface area contributed by atoms with Crippen LogP contribution < -0.4 is 5.32 Å². The van der Waals surface area contributed by atoms with Crippen LogP contribution in [0.25, 0.3) is 0 Å². The summed E-state index contributed by atoms with van der Waals surface area (Å²) in [6, 6.07) is 8.73. The lowest BCUT2D eigenvalue weighted by Crippen LogP contribution is -2.07. The van der Waals surface area contributed by atoms with E-state index in [-0.39, 0.29) is 6.61 Å². The Morgan fingerprint density at radius 2 is 2.09 bits per heavy atom. The lowest BCUT2D eigenvalue weighted by atomic mass is 10.1. The third-order valence-electron chi connectivity index (χ3n) is 4.09. The number of anilines is 1. The maximum absolute atomic E-state index is 9.11. The van der Waals surface area contributed by atoms with Crippen LogP contribution in [0.3, 0.4) is 0 Å². The summed E-state index contributed by atoms with van der Waals surface area (Å²) in [4.78, 5) is 0. The Morgan fingerprint density at radius 3 is 2.83 bits per heavy atom. The molecule has 0 unspecified atom stereocenters. The molecule has 2 N–H and O–H groups in total. The van der Waals surface area contributed by atoms with Crippen LogP contribution in [0.2, 0.25) is 0 Å². The highest BCUT2D eigenvalue weighted by molar-refractivity contribution is 8.19. The summed E-state index contributed by atoms with van der Waals surface area (Å²) in [6.45, 7) is 5.53. The number of hydrogen-bond donors (Lipinski definition) is 2. The Hall–Kier alpha value is -1.11. The molecule has 0 bridgehead atoms. The molecule has 1 aliphatic heterocycles. The molecule has 124 valence electrons. The fourth-order valence-corrected chi connectivity index (χ4v) is 5.68. The van der Waals surface area contributed by atoms with Gasteiger partial charge in [0.1, 0.15) is 0 Å². The Kier molecular flexibility index (Phi) is 5.56. The van der Waals surface area contributed by atoms with Gasteiger partial charge in [0.2, 0.25) is 0 Å². The third kappa shape index (κ3) is 3.87. The molecule has 3 rings (SSSR count). The van der Waals surface area contributed by atoms with Gasteiger partial charge in [-0.2, -0.15) is 5.10 Å². The fourth-order valence-electron chi connectivity index (χ4n) is 2.84. The standard InChI is InChI=1S/C17H23N3OS2/c1-12-16(13(2)20(19-12)6-7-21)11-18-15-5-3-4-14(10-15)17-22-8-9-23-17/h3-5,10,17-18,21H,6-9,11H2,1-2H3. The molecule has 0 saturated carbocycles. The molecule has 1 aliphatic rings. The second-order valence-corrected chi connectivity index (χ2v) is 8.37. The molecular formula is C17H23N3OS2. The first-order valence-electron chi connectivity index (χ1n) is 7.90. The van der Waals surface area contributed by atoms with Crippen LogP contribution in [0.15, 0.2) is 24.3 Å². The molecule has 2 heterocycles. The second kappa shape index (κ2) is 7.64. The average Bonchev–Trinajstić information content (AvgIpc) is 3.17. The summed E-state index contributed by atoms with van der Waals surface area (Å²) < 4.78 is 2.46. The summed E-state index contributed by atoms with van der Waals surface area (Å²) in [5, 5.41) is 17.1. The molecular weight excluding hydrogens is 326 g/mol. The first-order chi connectivity index (χ1) is 11.2.